The molecule has 6 atom stereocenters. The fourth-order valence-electron chi connectivity index (χ4n) is 5.23. The van der Waals surface area contributed by atoms with Gasteiger partial charge in [-0.2, -0.15) is 0 Å². The average Bonchev–Trinajstić information content (AvgIpc) is 2.91. The van der Waals surface area contributed by atoms with Gasteiger partial charge in [0.2, 0.25) is 0 Å². The van der Waals surface area contributed by atoms with Crippen molar-refractivity contribution in [2.75, 3.05) is 54.6 Å². The van der Waals surface area contributed by atoms with Crippen LogP contribution in [0.4, 0.5) is 0 Å². The summed E-state index contributed by atoms with van der Waals surface area (Å²) in [7, 11) is 5.27. The number of nitrogens with one attached hydrogen (secondary N) is 2. The summed E-state index contributed by atoms with van der Waals surface area (Å²) in [6.45, 7) is 6.60. The number of aromatic nitrogens is 1. The zero-order chi connectivity index (χ0) is 29.9. The van der Waals surface area contributed by atoms with Crippen molar-refractivity contribution in [3.05, 3.63) is 29.6 Å². The molecule has 13 heteroatoms. The van der Waals surface area contributed by atoms with E-state index in [-0.39, 0.29) is 39.3 Å². The van der Waals surface area contributed by atoms with Crippen LogP contribution in [0, 0.1) is 0 Å². The third-order valence-electron chi connectivity index (χ3n) is 7.68. The third kappa shape index (κ3) is 6.43. The first-order chi connectivity index (χ1) is 18.7. The number of hydrogen-bond acceptors (Lipinski definition) is 11. The van der Waals surface area contributed by atoms with E-state index in [1.165, 1.54) is 28.4 Å². The van der Waals surface area contributed by atoms with Crippen LogP contribution in [0.3, 0.4) is 0 Å². The highest BCUT2D eigenvalue weighted by atomic mass is 16.5. The summed E-state index contributed by atoms with van der Waals surface area (Å²) in [5.41, 5.74) is -4.65. The molecule has 2 unspecified atom stereocenters. The summed E-state index contributed by atoms with van der Waals surface area (Å²) in [6, 6.07) is 5.55. The van der Waals surface area contributed by atoms with Crippen LogP contribution < -0.4 is 10.6 Å². The molecule has 2 aliphatic rings. The molecule has 2 aliphatic heterocycles. The van der Waals surface area contributed by atoms with E-state index in [1.54, 1.807) is 37.5 Å². The largest absolute Gasteiger partial charge is 0.467 e. The van der Waals surface area contributed by atoms with Crippen molar-refractivity contribution < 1.29 is 38.1 Å². The molecular formula is C27H41N5O8. The van der Waals surface area contributed by atoms with E-state index >= 15 is 0 Å². The first-order valence-electron chi connectivity index (χ1n) is 13.0. The van der Waals surface area contributed by atoms with Crippen molar-refractivity contribution >= 4 is 23.8 Å². The highest BCUT2D eigenvalue weighted by molar-refractivity contribution is 5.93. The Hall–Kier alpha value is -3.13. The van der Waals surface area contributed by atoms with Crippen LogP contribution in [0.5, 0.6) is 0 Å². The highest BCUT2D eigenvalue weighted by Crippen LogP contribution is 2.25. The minimum atomic E-state index is -1.53. The lowest BCUT2D eigenvalue weighted by Crippen LogP contribution is -2.69. The Balaban J connectivity index is 2.32. The standard InChI is InChI=1S/C27H41N5O8/c1-24(22(35)37-5)14-31-12-18-10-9-11-19(28-18)13-32(17-26(3,39-7)20(33)29-24)15-25(2,23(36)38-6)30-21(34)27(4,16-31)40-8/h9-11H,12-17H2,1-8H3,(H,29,33)(H,30,34)/t24-,25-,26-,27-/m0/s1. The Morgan fingerprint density at radius 3 is 1.43 bits per heavy atom. The van der Waals surface area contributed by atoms with Crippen LogP contribution in [0.1, 0.15) is 39.1 Å². The van der Waals surface area contributed by atoms with Gasteiger partial charge < -0.3 is 29.6 Å². The lowest BCUT2D eigenvalue weighted by molar-refractivity contribution is -0.162. The van der Waals surface area contributed by atoms with Crippen molar-refractivity contribution in [2.24, 2.45) is 0 Å². The molecule has 13 nitrogen and oxygen atoms in total. The Morgan fingerprint density at radius 1 is 0.725 bits per heavy atom. The van der Waals surface area contributed by atoms with E-state index in [4.69, 9.17) is 23.9 Å². The van der Waals surface area contributed by atoms with E-state index in [0.29, 0.717) is 11.4 Å². The zero-order valence-corrected chi connectivity index (χ0v) is 24.6. The number of esters is 2. The topological polar surface area (TPSA) is 149 Å². The molecule has 4 bridgehead atoms. The Labute approximate surface area is 234 Å². The van der Waals surface area contributed by atoms with E-state index in [9.17, 15) is 19.2 Å². The molecule has 0 radical (unpaired) electrons. The normalized spacial score (nSPS) is 35.2. The van der Waals surface area contributed by atoms with Crippen LogP contribution in [0.15, 0.2) is 18.2 Å². The molecule has 1 aromatic heterocycles. The van der Waals surface area contributed by atoms with Gasteiger partial charge in [-0.25, -0.2) is 9.59 Å². The molecular weight excluding hydrogens is 522 g/mol. The number of nitrogens with zero attached hydrogens (tertiary/aromatic N) is 3. The number of carbonyl (C=O) groups excluding carboxylic acids is 4. The van der Waals surface area contributed by atoms with Crippen molar-refractivity contribution in [2.45, 2.75) is 63.1 Å². The Kier molecular flexibility index (Phi) is 9.24. The van der Waals surface area contributed by atoms with E-state index in [2.05, 4.69) is 10.6 Å². The van der Waals surface area contributed by atoms with Crippen molar-refractivity contribution in [3.8, 4) is 0 Å². The van der Waals surface area contributed by atoms with Gasteiger partial charge in [-0.15, -0.1) is 0 Å². The molecule has 0 saturated heterocycles. The molecule has 0 aliphatic carbocycles. The second-order valence-corrected chi connectivity index (χ2v) is 11.3. The van der Waals surface area contributed by atoms with Gasteiger partial charge in [0.1, 0.15) is 11.1 Å². The van der Waals surface area contributed by atoms with E-state index in [0.717, 1.165) is 0 Å². The predicted molar refractivity (Wildman–Crippen MR) is 143 cm³/mol. The SMILES string of the molecule is COC(=O)[C@]1(C)CN2Cc3cccc(n3)CN(C[C@@](C)(C(=O)OC)NC(=O)[C@@](C)(OC)C2)C[C@](C)(OC)C(=O)N1. The molecule has 3 heterocycles. The molecule has 0 spiro atoms. The van der Waals surface area contributed by atoms with Gasteiger partial charge in [-0.1, -0.05) is 6.07 Å². The predicted octanol–water partition coefficient (Wildman–Crippen LogP) is -0.381. The van der Waals surface area contributed by atoms with Crippen molar-refractivity contribution in [3.63, 3.8) is 0 Å². The molecule has 0 saturated carbocycles. The maximum atomic E-state index is 13.8. The summed E-state index contributed by atoms with van der Waals surface area (Å²) in [4.78, 5) is 62.3. The van der Waals surface area contributed by atoms with Gasteiger partial charge in [0.05, 0.1) is 25.6 Å². The number of methoxy groups -OCH3 is 4. The van der Waals surface area contributed by atoms with Crippen LogP contribution in [0.25, 0.3) is 0 Å². The smallest absolute Gasteiger partial charge is 0.332 e. The molecule has 3 rings (SSSR count). The highest BCUT2D eigenvalue weighted by Gasteiger charge is 2.49. The van der Waals surface area contributed by atoms with Crippen molar-refractivity contribution in [1.29, 1.82) is 0 Å². The second-order valence-electron chi connectivity index (χ2n) is 11.3. The Morgan fingerprint density at radius 2 is 1.10 bits per heavy atom. The lowest BCUT2D eigenvalue weighted by atomic mass is 9.93. The molecule has 40 heavy (non-hydrogen) atoms. The number of amides is 2. The van der Waals surface area contributed by atoms with Gasteiger partial charge in [0.25, 0.3) is 11.8 Å². The molecule has 0 aromatic carbocycles. The number of ether oxygens (including phenoxy) is 4. The number of carbonyl (C=O) groups is 4. The average molecular weight is 564 g/mol. The molecule has 1 aromatic rings. The van der Waals surface area contributed by atoms with Crippen molar-refractivity contribution in [1.82, 2.24) is 25.4 Å². The second kappa shape index (κ2) is 11.8. The van der Waals surface area contributed by atoms with E-state index in [1.807, 2.05) is 18.2 Å². The minimum Gasteiger partial charge on any atom is -0.467 e. The van der Waals surface area contributed by atoms with Crippen LogP contribution in [0.2, 0.25) is 0 Å². The monoisotopic (exact) mass is 563 g/mol. The summed E-state index contributed by atoms with van der Waals surface area (Å²) in [5, 5.41) is 5.70. The van der Waals surface area contributed by atoms with Gasteiger partial charge >= 0.3 is 11.9 Å². The summed E-state index contributed by atoms with van der Waals surface area (Å²) in [5.74, 6) is -2.46. The van der Waals surface area contributed by atoms with Gasteiger partial charge in [-0.3, -0.25) is 24.4 Å². The van der Waals surface area contributed by atoms with Crippen LogP contribution in [-0.2, 0) is 51.2 Å². The summed E-state index contributed by atoms with van der Waals surface area (Å²) >= 11 is 0. The maximum Gasteiger partial charge on any atom is 0.332 e. The molecule has 2 N–H and O–H groups in total. The third-order valence-corrected chi connectivity index (χ3v) is 7.68. The summed E-state index contributed by atoms with van der Waals surface area (Å²) < 4.78 is 21.7. The first kappa shape index (κ1) is 31.4. The molecule has 0 fully saturated rings. The molecule has 222 valence electrons. The number of hydrogen-bond donors (Lipinski definition) is 2. The maximum absolute atomic E-state index is 13.8. The van der Waals surface area contributed by atoms with Gasteiger partial charge in [0, 0.05) is 53.5 Å². The number of fused-ring (bicyclic) bond motifs is 2. The fraction of sp³-hybridized carbons (Fsp3) is 0.667. The van der Waals surface area contributed by atoms with Gasteiger partial charge in [0.15, 0.2) is 11.2 Å². The number of rotatable bonds is 4. The lowest BCUT2D eigenvalue weighted by Gasteiger charge is -2.43. The number of pyridine rings is 1. The van der Waals surface area contributed by atoms with E-state index < -0.39 is 46.0 Å². The first-order valence-corrected chi connectivity index (χ1v) is 13.0. The summed E-state index contributed by atoms with van der Waals surface area (Å²) in [6.07, 6.45) is 0. The zero-order valence-electron chi connectivity index (χ0n) is 24.6. The van der Waals surface area contributed by atoms with Crippen LogP contribution in [-0.4, -0.2) is 115 Å². The molecule has 2 amide bonds. The van der Waals surface area contributed by atoms with Gasteiger partial charge in [-0.05, 0) is 39.8 Å². The van der Waals surface area contributed by atoms with Crippen LogP contribution >= 0.6 is 0 Å². The quantitative estimate of drug-likeness (QED) is 0.462. The minimum absolute atomic E-state index is 0.0216. The fourth-order valence-corrected chi connectivity index (χ4v) is 5.23. The Bertz CT molecular complexity index is 1070.